The molecule has 1 amide bonds. The smallest absolute Gasteiger partial charge is 0.255 e. The molecule has 0 spiro atoms. The maximum atomic E-state index is 12.1. The van der Waals surface area contributed by atoms with Gasteiger partial charge in [0.15, 0.2) is 0 Å². The molecule has 2 aromatic rings. The molecule has 3 heterocycles. The number of hydrogen-bond donors (Lipinski definition) is 2. The third-order valence-electron chi connectivity index (χ3n) is 2.96. The Hall–Kier alpha value is -1.95. The van der Waals surface area contributed by atoms with E-state index in [2.05, 4.69) is 20.7 Å². The first-order chi connectivity index (χ1) is 8.34. The summed E-state index contributed by atoms with van der Waals surface area (Å²) in [7, 11) is 0. The Kier molecular flexibility index (Phi) is 2.49. The average molecular weight is 231 g/mol. The Bertz CT molecular complexity index is 544. The zero-order chi connectivity index (χ0) is 11.7. The first-order valence-electron chi connectivity index (χ1n) is 5.63. The Morgan fingerprint density at radius 2 is 2.47 bits per heavy atom. The van der Waals surface area contributed by atoms with Crippen LogP contribution in [0.2, 0.25) is 0 Å². The van der Waals surface area contributed by atoms with Gasteiger partial charge in [0.1, 0.15) is 0 Å². The summed E-state index contributed by atoms with van der Waals surface area (Å²) in [6.07, 6.45) is 7.57. The largest absolute Gasteiger partial charge is 0.348 e. The fraction of sp³-hybridized carbons (Fsp3) is 0.364. The van der Waals surface area contributed by atoms with E-state index >= 15 is 0 Å². The van der Waals surface area contributed by atoms with Crippen LogP contribution in [0.15, 0.2) is 24.8 Å². The van der Waals surface area contributed by atoms with Crippen molar-refractivity contribution in [1.29, 1.82) is 0 Å². The average Bonchev–Trinajstić information content (AvgIpc) is 2.96. The third kappa shape index (κ3) is 1.87. The van der Waals surface area contributed by atoms with Gasteiger partial charge < -0.3 is 10.6 Å². The van der Waals surface area contributed by atoms with Crippen LogP contribution in [0.25, 0.3) is 5.52 Å². The Morgan fingerprint density at radius 3 is 3.29 bits per heavy atom. The summed E-state index contributed by atoms with van der Waals surface area (Å²) in [4.78, 5) is 16.1. The predicted octanol–water partition coefficient (Wildman–Crippen LogP) is -0.179. The molecule has 0 unspecified atom stereocenters. The summed E-state index contributed by atoms with van der Waals surface area (Å²) >= 11 is 0. The number of nitrogens with zero attached hydrogens (tertiary/aromatic N) is 3. The summed E-state index contributed by atoms with van der Waals surface area (Å²) in [6, 6.07) is 0.217. The van der Waals surface area contributed by atoms with Gasteiger partial charge in [0, 0.05) is 25.0 Å². The van der Waals surface area contributed by atoms with Crippen LogP contribution in [0.3, 0.4) is 0 Å². The first-order valence-corrected chi connectivity index (χ1v) is 5.63. The summed E-state index contributed by atoms with van der Waals surface area (Å²) in [5.41, 5.74) is 1.31. The van der Waals surface area contributed by atoms with Crippen molar-refractivity contribution in [2.24, 2.45) is 0 Å². The van der Waals surface area contributed by atoms with E-state index in [4.69, 9.17) is 0 Å². The summed E-state index contributed by atoms with van der Waals surface area (Å²) < 4.78 is 1.65. The van der Waals surface area contributed by atoms with Crippen LogP contribution < -0.4 is 10.6 Å². The van der Waals surface area contributed by atoms with Crippen LogP contribution in [-0.2, 0) is 0 Å². The van der Waals surface area contributed by atoms with Gasteiger partial charge in [-0.25, -0.2) is 4.52 Å². The first kappa shape index (κ1) is 10.2. The van der Waals surface area contributed by atoms with Crippen LogP contribution in [-0.4, -0.2) is 39.6 Å². The lowest BCUT2D eigenvalue weighted by Crippen LogP contribution is -2.36. The number of rotatable bonds is 2. The standard InChI is InChI=1S/C11H13N5O/c17-11(15-8-1-2-12-5-8)9-6-14-16-4-3-13-7-10(9)16/h3-4,6-8,12H,1-2,5H2,(H,15,17)/t8-/m1/s1. The van der Waals surface area contributed by atoms with Gasteiger partial charge in [-0.15, -0.1) is 0 Å². The fourth-order valence-corrected chi connectivity index (χ4v) is 2.05. The SMILES string of the molecule is O=C(N[C@@H]1CCNC1)c1cnn2ccncc12. The number of carbonyl (C=O) groups excluding carboxylic acids is 1. The van der Waals surface area contributed by atoms with Gasteiger partial charge in [0.05, 0.1) is 23.5 Å². The Morgan fingerprint density at radius 1 is 1.53 bits per heavy atom. The highest BCUT2D eigenvalue weighted by molar-refractivity contribution is 6.00. The molecular formula is C11H13N5O. The molecule has 6 heteroatoms. The number of hydrogen-bond acceptors (Lipinski definition) is 4. The van der Waals surface area contributed by atoms with Crippen molar-refractivity contribution in [3.63, 3.8) is 0 Å². The van der Waals surface area contributed by atoms with Gasteiger partial charge in [0.2, 0.25) is 0 Å². The molecule has 1 atom stereocenters. The molecule has 1 saturated heterocycles. The summed E-state index contributed by atoms with van der Waals surface area (Å²) in [5.74, 6) is -0.0818. The Labute approximate surface area is 98.0 Å². The number of amides is 1. The van der Waals surface area contributed by atoms with Crippen LogP contribution in [0.4, 0.5) is 0 Å². The molecule has 0 aliphatic carbocycles. The van der Waals surface area contributed by atoms with Crippen LogP contribution >= 0.6 is 0 Å². The molecule has 2 N–H and O–H groups in total. The van der Waals surface area contributed by atoms with Crippen molar-refractivity contribution >= 4 is 11.4 Å². The highest BCUT2D eigenvalue weighted by atomic mass is 16.1. The molecule has 3 rings (SSSR count). The zero-order valence-corrected chi connectivity index (χ0v) is 9.26. The highest BCUT2D eigenvalue weighted by Crippen LogP contribution is 2.09. The second-order valence-corrected chi connectivity index (χ2v) is 4.13. The van der Waals surface area contributed by atoms with Gasteiger partial charge in [-0.3, -0.25) is 9.78 Å². The summed E-state index contributed by atoms with van der Waals surface area (Å²) in [5, 5.41) is 10.3. The topological polar surface area (TPSA) is 71.3 Å². The fourth-order valence-electron chi connectivity index (χ4n) is 2.05. The molecule has 17 heavy (non-hydrogen) atoms. The molecule has 0 saturated carbocycles. The van der Waals surface area contributed by atoms with E-state index in [0.717, 1.165) is 25.0 Å². The molecule has 0 radical (unpaired) electrons. The van der Waals surface area contributed by atoms with Crippen molar-refractivity contribution in [2.45, 2.75) is 12.5 Å². The van der Waals surface area contributed by atoms with Gasteiger partial charge in [-0.05, 0) is 13.0 Å². The van der Waals surface area contributed by atoms with E-state index in [0.29, 0.717) is 5.56 Å². The normalized spacial score (nSPS) is 19.6. The molecule has 2 aromatic heterocycles. The van der Waals surface area contributed by atoms with E-state index in [1.807, 2.05) is 0 Å². The minimum atomic E-state index is -0.0818. The van der Waals surface area contributed by atoms with E-state index in [1.54, 1.807) is 29.3 Å². The minimum Gasteiger partial charge on any atom is -0.348 e. The molecule has 1 fully saturated rings. The number of fused-ring (bicyclic) bond motifs is 1. The van der Waals surface area contributed by atoms with Crippen molar-refractivity contribution in [1.82, 2.24) is 25.2 Å². The van der Waals surface area contributed by atoms with Crippen LogP contribution in [0.1, 0.15) is 16.8 Å². The van der Waals surface area contributed by atoms with Crippen LogP contribution in [0.5, 0.6) is 0 Å². The van der Waals surface area contributed by atoms with E-state index in [-0.39, 0.29) is 11.9 Å². The van der Waals surface area contributed by atoms with Crippen molar-refractivity contribution in [3.05, 3.63) is 30.4 Å². The quantitative estimate of drug-likeness (QED) is 0.752. The molecule has 0 bridgehead atoms. The maximum Gasteiger partial charge on any atom is 0.255 e. The second kappa shape index (κ2) is 4.14. The predicted molar refractivity (Wildman–Crippen MR) is 61.7 cm³/mol. The van der Waals surface area contributed by atoms with Gasteiger partial charge in [-0.1, -0.05) is 0 Å². The molecule has 6 nitrogen and oxygen atoms in total. The van der Waals surface area contributed by atoms with E-state index < -0.39 is 0 Å². The molecule has 88 valence electrons. The van der Waals surface area contributed by atoms with Crippen molar-refractivity contribution < 1.29 is 4.79 Å². The molecule has 0 aromatic carbocycles. The molecule has 1 aliphatic rings. The highest BCUT2D eigenvalue weighted by Gasteiger charge is 2.19. The van der Waals surface area contributed by atoms with Gasteiger partial charge in [0.25, 0.3) is 5.91 Å². The second-order valence-electron chi connectivity index (χ2n) is 4.13. The zero-order valence-electron chi connectivity index (χ0n) is 9.26. The van der Waals surface area contributed by atoms with E-state index in [1.165, 1.54) is 0 Å². The van der Waals surface area contributed by atoms with Gasteiger partial charge >= 0.3 is 0 Å². The molecule has 1 aliphatic heterocycles. The Balaban J connectivity index is 1.85. The lowest BCUT2D eigenvalue weighted by Gasteiger charge is -2.09. The number of carbonyl (C=O) groups is 1. The van der Waals surface area contributed by atoms with Crippen molar-refractivity contribution in [2.75, 3.05) is 13.1 Å². The third-order valence-corrected chi connectivity index (χ3v) is 2.96. The van der Waals surface area contributed by atoms with Crippen molar-refractivity contribution in [3.8, 4) is 0 Å². The maximum absolute atomic E-state index is 12.1. The van der Waals surface area contributed by atoms with Crippen LogP contribution in [0, 0.1) is 0 Å². The lowest BCUT2D eigenvalue weighted by atomic mass is 10.2. The van der Waals surface area contributed by atoms with E-state index in [9.17, 15) is 4.79 Å². The minimum absolute atomic E-state index is 0.0818. The van der Waals surface area contributed by atoms with Gasteiger partial charge in [-0.2, -0.15) is 5.10 Å². The summed E-state index contributed by atoms with van der Waals surface area (Å²) in [6.45, 7) is 1.80. The molecular weight excluding hydrogens is 218 g/mol. The monoisotopic (exact) mass is 231 g/mol. The lowest BCUT2D eigenvalue weighted by molar-refractivity contribution is 0.0941. The number of aromatic nitrogens is 3. The number of nitrogens with one attached hydrogen (secondary N) is 2.